The predicted octanol–water partition coefficient (Wildman–Crippen LogP) is 5.56. The number of benzene rings is 2. The zero-order chi connectivity index (χ0) is 19.3. The highest BCUT2D eigenvalue weighted by Crippen LogP contribution is 2.32. The molecule has 0 atom stereocenters. The number of nitrogens with one attached hydrogen (secondary N) is 1. The van der Waals surface area contributed by atoms with Crippen molar-refractivity contribution >= 4 is 43.5 Å². The number of carbonyl (C=O) groups excluding carboxylic acids is 1. The highest BCUT2D eigenvalue weighted by Gasteiger charge is 2.12. The molecule has 2 aromatic carbocycles. The molecule has 0 spiro atoms. The summed E-state index contributed by atoms with van der Waals surface area (Å²) in [5.41, 5.74) is 6.34. The fraction of sp³-hybridized carbons (Fsp3) is 0.300. The molecular formula is C20H22Br2N2O2. The van der Waals surface area contributed by atoms with Crippen LogP contribution in [0.1, 0.15) is 43.4 Å². The maximum atomic E-state index is 12.1. The number of halogens is 2. The maximum absolute atomic E-state index is 12.1. The summed E-state index contributed by atoms with van der Waals surface area (Å²) >= 11 is 6.94. The number of rotatable bonds is 6. The molecule has 0 aromatic heterocycles. The van der Waals surface area contributed by atoms with Gasteiger partial charge >= 0.3 is 0 Å². The van der Waals surface area contributed by atoms with E-state index in [-0.39, 0.29) is 12.5 Å². The van der Waals surface area contributed by atoms with Gasteiger partial charge in [0, 0.05) is 8.95 Å². The Morgan fingerprint density at radius 2 is 1.85 bits per heavy atom. The van der Waals surface area contributed by atoms with E-state index in [4.69, 9.17) is 4.74 Å². The van der Waals surface area contributed by atoms with Gasteiger partial charge in [-0.05, 0) is 60.7 Å². The van der Waals surface area contributed by atoms with Gasteiger partial charge in [-0.1, -0.05) is 57.8 Å². The van der Waals surface area contributed by atoms with Crippen LogP contribution in [-0.4, -0.2) is 18.2 Å². The first-order valence-electron chi connectivity index (χ1n) is 8.30. The van der Waals surface area contributed by atoms with Gasteiger partial charge < -0.3 is 4.74 Å². The van der Waals surface area contributed by atoms with Crippen LogP contribution in [0.4, 0.5) is 0 Å². The van der Waals surface area contributed by atoms with Gasteiger partial charge in [0.05, 0.1) is 5.71 Å². The number of hydrazone groups is 1. The lowest BCUT2D eigenvalue weighted by molar-refractivity contribution is -0.123. The molecule has 0 saturated heterocycles. The van der Waals surface area contributed by atoms with Crippen LogP contribution in [0, 0.1) is 6.92 Å². The minimum Gasteiger partial charge on any atom is -0.483 e. The number of hydrogen-bond acceptors (Lipinski definition) is 3. The molecule has 0 aliphatic rings. The summed E-state index contributed by atoms with van der Waals surface area (Å²) < 4.78 is 7.77. The average Bonchev–Trinajstić information content (AvgIpc) is 2.60. The molecule has 0 aliphatic heterocycles. The summed E-state index contributed by atoms with van der Waals surface area (Å²) in [4.78, 5) is 12.1. The van der Waals surface area contributed by atoms with E-state index >= 15 is 0 Å². The summed E-state index contributed by atoms with van der Waals surface area (Å²) in [6.45, 7) is 7.94. The normalized spacial score (nSPS) is 11.6. The number of amides is 1. The van der Waals surface area contributed by atoms with Crippen LogP contribution in [0.5, 0.6) is 5.75 Å². The van der Waals surface area contributed by atoms with Crippen molar-refractivity contribution < 1.29 is 9.53 Å². The fourth-order valence-corrected chi connectivity index (χ4v) is 2.95. The summed E-state index contributed by atoms with van der Waals surface area (Å²) in [6.07, 6.45) is 0. The monoisotopic (exact) mass is 480 g/mol. The van der Waals surface area contributed by atoms with Crippen LogP contribution < -0.4 is 10.2 Å². The lowest BCUT2D eigenvalue weighted by Gasteiger charge is -2.15. The van der Waals surface area contributed by atoms with Crippen molar-refractivity contribution in [3.63, 3.8) is 0 Å². The van der Waals surface area contributed by atoms with Gasteiger partial charge in [0.2, 0.25) is 0 Å². The number of ether oxygens (including phenoxy) is 1. The maximum Gasteiger partial charge on any atom is 0.277 e. The molecule has 0 fully saturated rings. The third-order valence-corrected chi connectivity index (χ3v) is 5.27. The molecule has 6 heteroatoms. The van der Waals surface area contributed by atoms with E-state index in [0.717, 1.165) is 37.1 Å². The van der Waals surface area contributed by atoms with Crippen molar-refractivity contribution in [2.75, 3.05) is 6.61 Å². The van der Waals surface area contributed by atoms with Gasteiger partial charge in [-0.15, -0.1) is 0 Å². The summed E-state index contributed by atoms with van der Waals surface area (Å²) in [7, 11) is 0. The van der Waals surface area contributed by atoms with Crippen LogP contribution in [-0.2, 0) is 4.79 Å². The number of nitrogens with zero attached hydrogens (tertiary/aromatic N) is 1. The number of carbonyl (C=O) groups is 1. The van der Waals surface area contributed by atoms with Gasteiger partial charge in [-0.25, -0.2) is 5.43 Å². The molecule has 0 heterocycles. The number of aryl methyl sites for hydroxylation is 1. The zero-order valence-corrected chi connectivity index (χ0v) is 18.4. The Morgan fingerprint density at radius 1 is 1.19 bits per heavy atom. The Morgan fingerprint density at radius 3 is 2.46 bits per heavy atom. The van der Waals surface area contributed by atoms with Crippen LogP contribution in [0.3, 0.4) is 0 Å². The Kier molecular flexibility index (Phi) is 7.41. The summed E-state index contributed by atoms with van der Waals surface area (Å²) in [5.74, 6) is 0.726. The standard InChI is InChI=1S/C20H22Br2N2O2/c1-12(2)17-10-18(22)13(3)9-19(17)26-11-20(25)24-23-14(4)15-5-7-16(21)8-6-15/h5-10,12H,11H2,1-4H3,(H,24,25). The first-order chi connectivity index (χ1) is 12.3. The van der Waals surface area contributed by atoms with Crippen molar-refractivity contribution in [3.8, 4) is 5.75 Å². The Labute approximate surface area is 171 Å². The highest BCUT2D eigenvalue weighted by molar-refractivity contribution is 9.10. The molecule has 1 amide bonds. The van der Waals surface area contributed by atoms with E-state index < -0.39 is 0 Å². The lowest BCUT2D eigenvalue weighted by Crippen LogP contribution is -2.26. The third kappa shape index (κ3) is 5.68. The highest BCUT2D eigenvalue weighted by atomic mass is 79.9. The SMILES string of the molecule is CC(=NNC(=O)COc1cc(C)c(Br)cc1C(C)C)c1ccc(Br)cc1. The Bertz CT molecular complexity index is 815. The van der Waals surface area contributed by atoms with Crippen LogP contribution >= 0.6 is 31.9 Å². The Hall–Kier alpha value is -1.66. The van der Waals surface area contributed by atoms with Gasteiger partial charge in [-0.2, -0.15) is 5.10 Å². The molecule has 0 unspecified atom stereocenters. The van der Waals surface area contributed by atoms with Gasteiger partial charge in [0.15, 0.2) is 6.61 Å². The van der Waals surface area contributed by atoms with Crippen molar-refractivity contribution in [3.05, 3.63) is 62.0 Å². The second-order valence-electron chi connectivity index (χ2n) is 6.32. The first kappa shape index (κ1) is 20.6. The van der Waals surface area contributed by atoms with Gasteiger partial charge in [0.25, 0.3) is 5.91 Å². The van der Waals surface area contributed by atoms with Crippen molar-refractivity contribution in [1.82, 2.24) is 5.43 Å². The van der Waals surface area contributed by atoms with Gasteiger partial charge in [-0.3, -0.25) is 4.79 Å². The van der Waals surface area contributed by atoms with E-state index in [1.807, 2.05) is 50.2 Å². The minimum atomic E-state index is -0.295. The smallest absolute Gasteiger partial charge is 0.277 e. The van der Waals surface area contributed by atoms with E-state index in [9.17, 15) is 4.79 Å². The molecule has 0 bridgehead atoms. The molecule has 0 saturated carbocycles. The molecule has 0 aliphatic carbocycles. The van der Waals surface area contributed by atoms with E-state index in [0.29, 0.717) is 5.92 Å². The quantitative estimate of drug-likeness (QED) is 0.433. The molecule has 138 valence electrons. The van der Waals surface area contributed by atoms with Crippen LogP contribution in [0.2, 0.25) is 0 Å². The van der Waals surface area contributed by atoms with E-state index in [2.05, 4.69) is 56.2 Å². The average molecular weight is 482 g/mol. The third-order valence-electron chi connectivity index (χ3n) is 3.88. The van der Waals surface area contributed by atoms with Crippen LogP contribution in [0.25, 0.3) is 0 Å². The summed E-state index contributed by atoms with van der Waals surface area (Å²) in [6, 6.07) is 11.7. The molecular weight excluding hydrogens is 460 g/mol. The largest absolute Gasteiger partial charge is 0.483 e. The predicted molar refractivity (Wildman–Crippen MR) is 113 cm³/mol. The fourth-order valence-electron chi connectivity index (χ4n) is 2.32. The lowest BCUT2D eigenvalue weighted by atomic mass is 10.0. The molecule has 0 radical (unpaired) electrons. The van der Waals surface area contributed by atoms with Crippen molar-refractivity contribution in [1.29, 1.82) is 0 Å². The van der Waals surface area contributed by atoms with E-state index in [1.165, 1.54) is 0 Å². The van der Waals surface area contributed by atoms with Crippen molar-refractivity contribution in [2.45, 2.75) is 33.6 Å². The first-order valence-corrected chi connectivity index (χ1v) is 9.88. The van der Waals surface area contributed by atoms with Crippen LogP contribution in [0.15, 0.2) is 50.4 Å². The topological polar surface area (TPSA) is 50.7 Å². The molecule has 2 rings (SSSR count). The molecule has 2 aromatic rings. The second-order valence-corrected chi connectivity index (χ2v) is 8.09. The Balaban J connectivity index is 2.00. The van der Waals surface area contributed by atoms with E-state index in [1.54, 1.807) is 0 Å². The summed E-state index contributed by atoms with van der Waals surface area (Å²) in [5, 5.41) is 4.14. The molecule has 26 heavy (non-hydrogen) atoms. The zero-order valence-electron chi connectivity index (χ0n) is 15.3. The van der Waals surface area contributed by atoms with Crippen molar-refractivity contribution in [2.24, 2.45) is 5.10 Å². The second kappa shape index (κ2) is 9.33. The van der Waals surface area contributed by atoms with Gasteiger partial charge in [0.1, 0.15) is 5.75 Å². The minimum absolute atomic E-state index is 0.0854. The number of hydrogen-bond donors (Lipinski definition) is 1. The molecule has 4 nitrogen and oxygen atoms in total. The molecule has 1 N–H and O–H groups in total.